The first-order chi connectivity index (χ1) is 6.79. The van der Waals surface area contributed by atoms with Gasteiger partial charge in [-0.05, 0) is 24.3 Å². The average Bonchev–Trinajstić information content (AvgIpc) is 2.21. The van der Waals surface area contributed by atoms with Gasteiger partial charge in [0.2, 0.25) is 0 Å². The highest BCUT2D eigenvalue weighted by Gasteiger charge is 1.74. The molecule has 2 rings (SSSR count). The van der Waals surface area contributed by atoms with Crippen molar-refractivity contribution in [3.8, 4) is 0 Å². The van der Waals surface area contributed by atoms with Crippen molar-refractivity contribution in [2.75, 3.05) is 11.5 Å². The van der Waals surface area contributed by atoms with E-state index in [9.17, 15) is 0 Å². The molecule has 72 valence electrons. The van der Waals surface area contributed by atoms with Crippen molar-refractivity contribution in [3.05, 3.63) is 48.8 Å². The molecule has 0 fully saturated rings. The Hall–Kier alpha value is -2.10. The fourth-order valence-corrected chi connectivity index (χ4v) is 0.752. The minimum atomic E-state index is 0.572. The maximum atomic E-state index is 5.25. The number of hydrogen-bond acceptors (Lipinski definition) is 4. The number of nitrogens with zero attached hydrogens (tertiary/aromatic N) is 2. The second-order valence-corrected chi connectivity index (χ2v) is 2.51. The molecule has 0 aliphatic heterocycles. The van der Waals surface area contributed by atoms with Gasteiger partial charge in [-0.2, -0.15) is 0 Å². The molecule has 4 nitrogen and oxygen atoms in total. The molecule has 4 heteroatoms. The summed E-state index contributed by atoms with van der Waals surface area (Å²) >= 11 is 0. The third kappa shape index (κ3) is 4.06. The second kappa shape index (κ2) is 5.53. The summed E-state index contributed by atoms with van der Waals surface area (Å²) in [5, 5.41) is 0. The van der Waals surface area contributed by atoms with Gasteiger partial charge < -0.3 is 11.5 Å². The van der Waals surface area contributed by atoms with Crippen LogP contribution in [0.1, 0.15) is 0 Å². The normalized spacial score (nSPS) is 8.57. The van der Waals surface area contributed by atoms with E-state index < -0.39 is 0 Å². The van der Waals surface area contributed by atoms with Gasteiger partial charge in [0.05, 0.1) is 0 Å². The van der Waals surface area contributed by atoms with Gasteiger partial charge in [0.15, 0.2) is 0 Å². The zero-order valence-corrected chi connectivity index (χ0v) is 7.67. The van der Waals surface area contributed by atoms with Crippen LogP contribution in [0.2, 0.25) is 0 Å². The predicted octanol–water partition coefficient (Wildman–Crippen LogP) is 1.33. The lowest BCUT2D eigenvalue weighted by Gasteiger charge is -1.82. The topological polar surface area (TPSA) is 77.8 Å². The van der Waals surface area contributed by atoms with Gasteiger partial charge >= 0.3 is 0 Å². The van der Waals surface area contributed by atoms with Crippen molar-refractivity contribution in [1.29, 1.82) is 0 Å². The smallest absolute Gasteiger partial charge is 0.123 e. The Morgan fingerprint density at radius 2 is 1.14 bits per heavy atom. The molecule has 0 bridgehead atoms. The summed E-state index contributed by atoms with van der Waals surface area (Å²) in [6, 6.07) is 10.9. The molecule has 0 saturated heterocycles. The Bertz CT molecular complexity index is 310. The standard InChI is InChI=1S/2C5H6N2/c2*6-5-3-1-2-4-7-5/h2*1-4H,(H2,6,7). The molecule has 2 aromatic heterocycles. The molecule has 0 aliphatic rings. The van der Waals surface area contributed by atoms with Crippen molar-refractivity contribution < 1.29 is 0 Å². The third-order valence-corrected chi connectivity index (χ3v) is 1.38. The van der Waals surface area contributed by atoms with Crippen LogP contribution >= 0.6 is 0 Å². The van der Waals surface area contributed by atoms with E-state index in [1.165, 1.54) is 0 Å². The lowest BCUT2D eigenvalue weighted by molar-refractivity contribution is 1.34. The maximum Gasteiger partial charge on any atom is 0.123 e. The molecule has 0 saturated carbocycles. The van der Waals surface area contributed by atoms with E-state index in [2.05, 4.69) is 9.97 Å². The Morgan fingerprint density at radius 3 is 1.29 bits per heavy atom. The molecular weight excluding hydrogens is 176 g/mol. The monoisotopic (exact) mass is 188 g/mol. The molecule has 0 spiro atoms. The van der Waals surface area contributed by atoms with Crippen molar-refractivity contribution >= 4 is 11.6 Å². The quantitative estimate of drug-likeness (QED) is 0.653. The van der Waals surface area contributed by atoms with E-state index in [1.807, 2.05) is 24.3 Å². The first-order valence-corrected chi connectivity index (χ1v) is 4.12. The fourth-order valence-electron chi connectivity index (χ4n) is 0.752. The molecule has 0 atom stereocenters. The zero-order chi connectivity index (χ0) is 10.2. The summed E-state index contributed by atoms with van der Waals surface area (Å²) in [5.41, 5.74) is 10.5. The minimum absolute atomic E-state index is 0.572. The van der Waals surface area contributed by atoms with E-state index in [4.69, 9.17) is 11.5 Å². The van der Waals surface area contributed by atoms with Gasteiger partial charge in [-0.3, -0.25) is 0 Å². The molecule has 14 heavy (non-hydrogen) atoms. The highest BCUT2D eigenvalue weighted by atomic mass is 14.8. The van der Waals surface area contributed by atoms with E-state index in [-0.39, 0.29) is 0 Å². The molecule has 2 aromatic rings. The first kappa shape index (κ1) is 9.98. The number of hydrogen-bond donors (Lipinski definition) is 2. The van der Waals surface area contributed by atoms with Gasteiger partial charge in [0, 0.05) is 12.4 Å². The SMILES string of the molecule is Nc1ccccn1.Nc1ccccn1. The Kier molecular flexibility index (Phi) is 3.94. The fraction of sp³-hybridized carbons (Fsp3) is 0. The van der Waals surface area contributed by atoms with Crippen LogP contribution < -0.4 is 11.5 Å². The van der Waals surface area contributed by atoms with E-state index in [0.29, 0.717) is 11.6 Å². The molecule has 0 aromatic carbocycles. The Balaban J connectivity index is 0.000000140. The van der Waals surface area contributed by atoms with Gasteiger partial charge in [-0.1, -0.05) is 12.1 Å². The van der Waals surface area contributed by atoms with Gasteiger partial charge in [-0.25, -0.2) is 9.97 Å². The lowest BCUT2D eigenvalue weighted by Crippen LogP contribution is -1.85. The van der Waals surface area contributed by atoms with Gasteiger partial charge in [0.25, 0.3) is 0 Å². The molecule has 0 unspecified atom stereocenters. The number of anilines is 2. The van der Waals surface area contributed by atoms with Crippen LogP contribution in [0.4, 0.5) is 11.6 Å². The average molecular weight is 188 g/mol. The summed E-state index contributed by atoms with van der Waals surface area (Å²) in [6.45, 7) is 0. The van der Waals surface area contributed by atoms with Crippen molar-refractivity contribution in [2.45, 2.75) is 0 Å². The summed E-state index contributed by atoms with van der Waals surface area (Å²) in [6.07, 6.45) is 3.32. The molecule has 0 radical (unpaired) electrons. The van der Waals surface area contributed by atoms with Gasteiger partial charge in [-0.15, -0.1) is 0 Å². The molecule has 4 N–H and O–H groups in total. The lowest BCUT2D eigenvalue weighted by atomic mass is 10.5. The number of aromatic nitrogens is 2. The zero-order valence-electron chi connectivity index (χ0n) is 7.67. The summed E-state index contributed by atoms with van der Waals surface area (Å²) in [7, 11) is 0. The maximum absolute atomic E-state index is 5.25. The van der Waals surface area contributed by atoms with Crippen LogP contribution in [-0.2, 0) is 0 Å². The summed E-state index contributed by atoms with van der Waals surface area (Å²) in [4.78, 5) is 7.51. The van der Waals surface area contributed by atoms with Crippen molar-refractivity contribution in [3.63, 3.8) is 0 Å². The van der Waals surface area contributed by atoms with Crippen LogP contribution in [0.25, 0.3) is 0 Å². The predicted molar refractivity (Wildman–Crippen MR) is 57.3 cm³/mol. The van der Waals surface area contributed by atoms with Crippen LogP contribution in [0.3, 0.4) is 0 Å². The Labute approximate surface area is 82.6 Å². The van der Waals surface area contributed by atoms with Crippen LogP contribution in [0.15, 0.2) is 48.8 Å². The third-order valence-electron chi connectivity index (χ3n) is 1.38. The van der Waals surface area contributed by atoms with Crippen molar-refractivity contribution in [1.82, 2.24) is 9.97 Å². The number of pyridine rings is 2. The highest BCUT2D eigenvalue weighted by molar-refractivity contribution is 5.25. The Morgan fingerprint density at radius 1 is 0.714 bits per heavy atom. The summed E-state index contributed by atoms with van der Waals surface area (Å²) in [5.74, 6) is 1.14. The molecule has 0 aliphatic carbocycles. The van der Waals surface area contributed by atoms with Gasteiger partial charge in [0.1, 0.15) is 11.6 Å². The summed E-state index contributed by atoms with van der Waals surface area (Å²) < 4.78 is 0. The van der Waals surface area contributed by atoms with Crippen LogP contribution in [0, 0.1) is 0 Å². The van der Waals surface area contributed by atoms with Crippen molar-refractivity contribution in [2.24, 2.45) is 0 Å². The second-order valence-electron chi connectivity index (χ2n) is 2.51. The minimum Gasteiger partial charge on any atom is -0.384 e. The first-order valence-electron chi connectivity index (χ1n) is 4.12. The van der Waals surface area contributed by atoms with E-state index in [1.54, 1.807) is 24.5 Å². The molecule has 2 heterocycles. The number of nitrogens with two attached hydrogens (primary N) is 2. The largest absolute Gasteiger partial charge is 0.384 e. The highest BCUT2D eigenvalue weighted by Crippen LogP contribution is 1.90. The van der Waals surface area contributed by atoms with E-state index >= 15 is 0 Å². The molecular formula is C10H12N4. The molecule has 0 amide bonds. The van der Waals surface area contributed by atoms with Crippen LogP contribution in [-0.4, -0.2) is 9.97 Å². The number of nitrogen functional groups attached to an aromatic ring is 2. The van der Waals surface area contributed by atoms with E-state index in [0.717, 1.165) is 0 Å². The van der Waals surface area contributed by atoms with Crippen LogP contribution in [0.5, 0.6) is 0 Å². The number of rotatable bonds is 0.